The summed E-state index contributed by atoms with van der Waals surface area (Å²) < 4.78 is 0. The van der Waals surface area contributed by atoms with Gasteiger partial charge in [-0.15, -0.1) is 0 Å². The number of carbonyl (C=O) groups is 2. The highest BCUT2D eigenvalue weighted by Crippen LogP contribution is 2.33. The molecule has 0 aliphatic carbocycles. The molecule has 2 heterocycles. The second-order valence-corrected chi connectivity index (χ2v) is 8.54. The van der Waals surface area contributed by atoms with Gasteiger partial charge in [0.1, 0.15) is 16.4 Å². The van der Waals surface area contributed by atoms with E-state index in [2.05, 4.69) is 4.98 Å². The number of hydrogen-bond acceptors (Lipinski definition) is 3. The average molecular weight is 446 g/mol. The molecule has 0 bridgehead atoms. The van der Waals surface area contributed by atoms with Gasteiger partial charge in [-0.3, -0.25) is 9.59 Å². The van der Waals surface area contributed by atoms with E-state index < -0.39 is 5.54 Å². The van der Waals surface area contributed by atoms with Crippen LogP contribution in [0.25, 0.3) is 17.2 Å². The van der Waals surface area contributed by atoms with Crippen LogP contribution in [0.4, 0.5) is 0 Å². The quantitative estimate of drug-likeness (QED) is 0.433. The van der Waals surface area contributed by atoms with Gasteiger partial charge in [-0.2, -0.15) is 0 Å². The van der Waals surface area contributed by atoms with Crippen LogP contribution in [0.5, 0.6) is 0 Å². The van der Waals surface area contributed by atoms with Crippen LogP contribution in [0.1, 0.15) is 18.1 Å². The minimum absolute atomic E-state index is 0.125. The number of halogens is 1. The van der Waals surface area contributed by atoms with Crippen LogP contribution in [0.3, 0.4) is 0 Å². The number of aromatic nitrogens is 1. The van der Waals surface area contributed by atoms with Gasteiger partial charge >= 0.3 is 0 Å². The topological polar surface area (TPSA) is 53.5 Å². The van der Waals surface area contributed by atoms with Crippen LogP contribution >= 0.6 is 11.6 Å². The zero-order valence-corrected chi connectivity index (χ0v) is 19.0. The molecule has 1 aliphatic rings. The molecule has 4 rings (SSSR count). The van der Waals surface area contributed by atoms with Crippen molar-refractivity contribution in [1.82, 2.24) is 14.8 Å². The van der Waals surface area contributed by atoms with Crippen molar-refractivity contribution < 1.29 is 9.59 Å². The number of benzene rings is 2. The van der Waals surface area contributed by atoms with Crippen molar-refractivity contribution >= 4 is 29.5 Å². The molecule has 2 aromatic carbocycles. The highest BCUT2D eigenvalue weighted by Gasteiger charge is 2.48. The molecule has 0 radical (unpaired) electrons. The zero-order chi connectivity index (χ0) is 22.9. The van der Waals surface area contributed by atoms with Gasteiger partial charge in [0.25, 0.3) is 11.8 Å². The Hall–Kier alpha value is -3.44. The lowest BCUT2D eigenvalue weighted by molar-refractivity contribution is -0.155. The molecule has 5 nitrogen and oxygen atoms in total. The van der Waals surface area contributed by atoms with Gasteiger partial charge in [-0.05, 0) is 41.8 Å². The average Bonchev–Trinajstić information content (AvgIpc) is 2.81. The van der Waals surface area contributed by atoms with E-state index in [0.717, 1.165) is 22.3 Å². The second kappa shape index (κ2) is 8.60. The summed E-state index contributed by atoms with van der Waals surface area (Å²) >= 11 is 5.93. The third-order valence-electron chi connectivity index (χ3n) is 6.07. The number of rotatable bonds is 4. The van der Waals surface area contributed by atoms with Crippen molar-refractivity contribution in [2.24, 2.45) is 0 Å². The lowest BCUT2D eigenvalue weighted by Crippen LogP contribution is -2.64. The molecule has 3 aromatic rings. The Morgan fingerprint density at radius 2 is 1.66 bits per heavy atom. The van der Waals surface area contributed by atoms with Gasteiger partial charge < -0.3 is 9.80 Å². The van der Waals surface area contributed by atoms with Crippen LogP contribution in [-0.4, -0.2) is 46.2 Å². The molecule has 1 fully saturated rings. The fraction of sp³-hybridized carbons (Fsp3) is 0.192. The number of pyridine rings is 1. The fourth-order valence-corrected chi connectivity index (χ4v) is 4.18. The summed E-state index contributed by atoms with van der Waals surface area (Å²) in [6.07, 6.45) is 3.91. The Bertz CT molecular complexity index is 1190. The Balaban J connectivity index is 1.72. The van der Waals surface area contributed by atoms with Crippen LogP contribution < -0.4 is 0 Å². The van der Waals surface area contributed by atoms with Crippen molar-refractivity contribution in [2.75, 3.05) is 14.1 Å². The molecule has 32 heavy (non-hydrogen) atoms. The van der Waals surface area contributed by atoms with Crippen LogP contribution in [0, 0.1) is 0 Å². The largest absolute Gasteiger partial charge is 0.326 e. The number of carbonyl (C=O) groups excluding carboxylic acids is 2. The molecule has 0 N–H and O–H groups in total. The van der Waals surface area contributed by atoms with E-state index in [9.17, 15) is 9.59 Å². The third kappa shape index (κ3) is 3.92. The van der Waals surface area contributed by atoms with Crippen LogP contribution in [0.15, 0.2) is 78.6 Å². The Morgan fingerprint density at radius 3 is 2.34 bits per heavy atom. The molecule has 1 saturated heterocycles. The van der Waals surface area contributed by atoms with Gasteiger partial charge in [-0.1, -0.05) is 66.2 Å². The molecule has 1 atom stereocenters. The molecular formula is C26H24ClN3O2. The van der Waals surface area contributed by atoms with Crippen molar-refractivity contribution in [3.8, 4) is 11.1 Å². The maximum atomic E-state index is 13.5. The van der Waals surface area contributed by atoms with E-state index in [4.69, 9.17) is 11.6 Å². The fourth-order valence-electron chi connectivity index (χ4n) is 4.07. The molecule has 0 saturated carbocycles. The lowest BCUT2D eigenvalue weighted by atomic mass is 9.87. The normalized spacial score (nSPS) is 20.2. The van der Waals surface area contributed by atoms with E-state index >= 15 is 0 Å². The maximum absolute atomic E-state index is 13.5. The van der Waals surface area contributed by atoms with Crippen molar-refractivity contribution in [3.63, 3.8) is 0 Å². The Morgan fingerprint density at radius 1 is 0.969 bits per heavy atom. The highest BCUT2D eigenvalue weighted by molar-refractivity contribution is 6.29. The monoisotopic (exact) mass is 445 g/mol. The van der Waals surface area contributed by atoms with E-state index in [-0.39, 0.29) is 11.8 Å². The zero-order valence-electron chi connectivity index (χ0n) is 18.2. The minimum atomic E-state index is -0.968. The first-order valence-electron chi connectivity index (χ1n) is 10.3. The van der Waals surface area contributed by atoms with Gasteiger partial charge in [0.05, 0.1) is 0 Å². The summed E-state index contributed by atoms with van der Waals surface area (Å²) in [6.45, 7) is 1.82. The van der Waals surface area contributed by atoms with Crippen molar-refractivity contribution in [1.29, 1.82) is 0 Å². The highest BCUT2D eigenvalue weighted by atomic mass is 35.5. The number of amides is 2. The first-order chi connectivity index (χ1) is 15.3. The predicted octanol–water partition coefficient (Wildman–Crippen LogP) is 4.67. The third-order valence-corrected chi connectivity index (χ3v) is 6.30. The minimum Gasteiger partial charge on any atom is -0.326 e. The standard InChI is InChI=1S/C26H24ClN3O2/c1-26(16-18-9-5-4-6-10-18)25(32)29(2)22(24(31)30(26)3)15-19-11-7-8-12-21(19)20-13-14-23(27)28-17-20/h4-15,17H,16H2,1-3H3. The van der Waals surface area contributed by atoms with Crippen molar-refractivity contribution in [3.05, 3.63) is 94.9 Å². The van der Waals surface area contributed by atoms with Crippen LogP contribution in [0.2, 0.25) is 5.15 Å². The second-order valence-electron chi connectivity index (χ2n) is 8.15. The summed E-state index contributed by atoms with van der Waals surface area (Å²) in [5, 5.41) is 0.414. The van der Waals surface area contributed by atoms with E-state index in [1.54, 1.807) is 37.3 Å². The van der Waals surface area contributed by atoms with E-state index in [0.29, 0.717) is 17.3 Å². The van der Waals surface area contributed by atoms with E-state index in [1.165, 1.54) is 4.90 Å². The molecule has 1 unspecified atom stereocenters. The molecule has 162 valence electrons. The van der Waals surface area contributed by atoms with Crippen molar-refractivity contribution in [2.45, 2.75) is 18.9 Å². The number of hydrogen-bond donors (Lipinski definition) is 0. The molecular weight excluding hydrogens is 422 g/mol. The lowest BCUT2D eigenvalue weighted by Gasteiger charge is -2.45. The van der Waals surface area contributed by atoms with Gasteiger partial charge in [-0.25, -0.2) is 4.98 Å². The van der Waals surface area contributed by atoms with Crippen LogP contribution in [-0.2, 0) is 16.0 Å². The number of piperazine rings is 1. The summed E-state index contributed by atoms with van der Waals surface area (Å²) in [7, 11) is 3.35. The maximum Gasteiger partial charge on any atom is 0.271 e. The molecule has 0 spiro atoms. The number of nitrogens with zero attached hydrogens (tertiary/aromatic N) is 3. The van der Waals surface area contributed by atoms with E-state index in [1.807, 2.05) is 67.6 Å². The molecule has 6 heteroatoms. The number of likely N-dealkylation sites (N-methyl/N-ethyl adjacent to an activating group) is 2. The molecule has 2 amide bonds. The summed E-state index contributed by atoms with van der Waals surface area (Å²) in [5.74, 6) is -0.324. The molecule has 1 aliphatic heterocycles. The SMILES string of the molecule is CN1C(=O)C(C)(Cc2ccccc2)N(C)C(=O)C1=Cc1ccccc1-c1ccc(Cl)nc1. The van der Waals surface area contributed by atoms with Gasteiger partial charge in [0, 0.05) is 32.3 Å². The Labute approximate surface area is 193 Å². The summed E-state index contributed by atoms with van der Waals surface area (Å²) in [6, 6.07) is 21.1. The van der Waals surface area contributed by atoms with Gasteiger partial charge in [0.2, 0.25) is 0 Å². The smallest absolute Gasteiger partial charge is 0.271 e. The Kier molecular flexibility index (Phi) is 5.85. The summed E-state index contributed by atoms with van der Waals surface area (Å²) in [4.78, 5) is 34.1. The first kappa shape index (κ1) is 21.8. The first-order valence-corrected chi connectivity index (χ1v) is 10.7. The van der Waals surface area contributed by atoms with Gasteiger partial charge in [0.15, 0.2) is 0 Å². The predicted molar refractivity (Wildman–Crippen MR) is 127 cm³/mol. The molecule has 1 aromatic heterocycles. The summed E-state index contributed by atoms with van der Waals surface area (Å²) in [5.41, 5.74) is 2.96.